The van der Waals surface area contributed by atoms with Gasteiger partial charge in [-0.3, -0.25) is 4.98 Å². The van der Waals surface area contributed by atoms with Gasteiger partial charge in [0.25, 0.3) is 0 Å². The number of benzene rings is 1. The van der Waals surface area contributed by atoms with Crippen molar-refractivity contribution in [3.8, 4) is 0 Å². The molecule has 0 aliphatic carbocycles. The molecule has 1 aromatic heterocycles. The quantitative estimate of drug-likeness (QED) is 0.890. The topological polar surface area (TPSA) is 50.7 Å². The van der Waals surface area contributed by atoms with E-state index in [1.807, 2.05) is 0 Å². The summed E-state index contributed by atoms with van der Waals surface area (Å²) in [7, 11) is 1.43. The molecule has 0 bridgehead atoms. The predicted octanol–water partition coefficient (Wildman–Crippen LogP) is 1.72. The summed E-state index contributed by atoms with van der Waals surface area (Å²) in [5.74, 6) is 0.208. The van der Waals surface area contributed by atoms with E-state index >= 15 is 0 Å². The van der Waals surface area contributed by atoms with E-state index in [4.69, 9.17) is 0 Å². The van der Waals surface area contributed by atoms with Gasteiger partial charge in [-0.15, -0.1) is 0 Å². The molecule has 0 aliphatic heterocycles. The van der Waals surface area contributed by atoms with Crippen molar-refractivity contribution in [2.75, 3.05) is 0 Å². The van der Waals surface area contributed by atoms with E-state index in [0.29, 0.717) is 0 Å². The number of hydrogen-bond donors (Lipinski definition) is 1. The minimum atomic E-state index is -4.41. The van der Waals surface area contributed by atoms with Gasteiger partial charge in [0.15, 0.2) is 0 Å². The lowest BCUT2D eigenvalue weighted by molar-refractivity contribution is -0.138. The molecule has 2 rings (SSSR count). The van der Waals surface area contributed by atoms with Crippen LogP contribution in [-0.4, -0.2) is 14.8 Å². The summed E-state index contributed by atoms with van der Waals surface area (Å²) in [5.41, 5.74) is -1.08. The van der Waals surface area contributed by atoms with Gasteiger partial charge in [0.1, 0.15) is 5.82 Å². The van der Waals surface area contributed by atoms with Crippen molar-refractivity contribution in [1.29, 1.82) is 0 Å². The van der Waals surface area contributed by atoms with Crippen LogP contribution >= 0.6 is 0 Å². The van der Waals surface area contributed by atoms with E-state index in [1.165, 1.54) is 25.2 Å². The van der Waals surface area contributed by atoms with Crippen molar-refractivity contribution < 1.29 is 13.2 Å². The first-order valence-corrected chi connectivity index (χ1v) is 5.15. The van der Waals surface area contributed by atoms with Crippen molar-refractivity contribution in [3.05, 3.63) is 51.7 Å². The molecule has 0 amide bonds. The highest BCUT2D eigenvalue weighted by Crippen LogP contribution is 2.32. The molecule has 0 atom stereocenters. The van der Waals surface area contributed by atoms with Crippen LogP contribution < -0.4 is 5.69 Å². The minimum Gasteiger partial charge on any atom is -0.292 e. The van der Waals surface area contributed by atoms with Gasteiger partial charge < -0.3 is 0 Å². The van der Waals surface area contributed by atoms with Crippen LogP contribution in [0.3, 0.4) is 0 Å². The molecule has 0 saturated heterocycles. The van der Waals surface area contributed by atoms with Crippen molar-refractivity contribution in [1.82, 2.24) is 14.8 Å². The third-order valence-electron chi connectivity index (χ3n) is 2.50. The summed E-state index contributed by atoms with van der Waals surface area (Å²) in [5, 5.41) is 3.81. The molecule has 18 heavy (non-hydrogen) atoms. The Hall–Kier alpha value is -2.05. The van der Waals surface area contributed by atoms with Crippen molar-refractivity contribution >= 4 is 0 Å². The van der Waals surface area contributed by atoms with Crippen LogP contribution in [0.4, 0.5) is 13.2 Å². The number of rotatable bonds is 2. The summed E-state index contributed by atoms with van der Waals surface area (Å²) in [4.78, 5) is 13.5. The molecule has 0 radical (unpaired) electrons. The van der Waals surface area contributed by atoms with Crippen LogP contribution in [0.2, 0.25) is 0 Å². The molecule has 7 heteroatoms. The van der Waals surface area contributed by atoms with Crippen LogP contribution in [0.25, 0.3) is 0 Å². The summed E-state index contributed by atoms with van der Waals surface area (Å²) >= 11 is 0. The van der Waals surface area contributed by atoms with Crippen molar-refractivity contribution in [2.24, 2.45) is 7.05 Å². The Morgan fingerprint density at radius 1 is 1.33 bits per heavy atom. The highest BCUT2D eigenvalue weighted by atomic mass is 19.4. The second-order valence-corrected chi connectivity index (χ2v) is 3.83. The molecule has 0 fully saturated rings. The van der Waals surface area contributed by atoms with Crippen LogP contribution in [0, 0.1) is 0 Å². The minimum absolute atomic E-state index is 0.0637. The molecule has 1 N–H and O–H groups in total. The van der Waals surface area contributed by atoms with E-state index in [2.05, 4.69) is 10.1 Å². The molecule has 0 saturated carbocycles. The zero-order valence-electron chi connectivity index (χ0n) is 9.45. The number of nitrogens with zero attached hydrogens (tertiary/aromatic N) is 2. The largest absolute Gasteiger partial charge is 0.416 e. The Morgan fingerprint density at radius 2 is 2.00 bits per heavy atom. The lowest BCUT2D eigenvalue weighted by atomic mass is 10.0. The Bertz CT molecular complexity index is 612. The summed E-state index contributed by atoms with van der Waals surface area (Å²) in [6.45, 7) is 0. The Labute approximate surface area is 100 Å². The molecule has 0 spiro atoms. The van der Waals surface area contributed by atoms with Gasteiger partial charge in [-0.05, 0) is 11.6 Å². The average Bonchev–Trinajstić information content (AvgIpc) is 2.57. The van der Waals surface area contributed by atoms with Crippen LogP contribution in [0.15, 0.2) is 29.1 Å². The maximum Gasteiger partial charge on any atom is 0.416 e. The van der Waals surface area contributed by atoms with E-state index < -0.39 is 17.4 Å². The Balaban J connectivity index is 2.38. The summed E-state index contributed by atoms with van der Waals surface area (Å²) in [6, 6.07) is 5.23. The maximum absolute atomic E-state index is 12.7. The first-order valence-electron chi connectivity index (χ1n) is 5.15. The standard InChI is InChI=1S/C11H10F3N3O/c1-17-10(18)15-9(16-17)6-7-4-2-3-5-8(7)11(12,13)14/h2-5H,6H2,1H3,(H,15,16,18). The SMILES string of the molecule is Cn1nc(Cc2ccccc2C(F)(F)F)[nH]c1=O. The number of H-pyrrole nitrogens is 1. The van der Waals surface area contributed by atoms with E-state index in [9.17, 15) is 18.0 Å². The average molecular weight is 257 g/mol. The van der Waals surface area contributed by atoms with E-state index in [0.717, 1.165) is 10.7 Å². The first-order chi connectivity index (χ1) is 8.38. The summed E-state index contributed by atoms with van der Waals surface area (Å²) in [6.07, 6.45) is -4.47. The molecule has 0 aliphatic rings. The van der Waals surface area contributed by atoms with Crippen molar-refractivity contribution in [2.45, 2.75) is 12.6 Å². The lowest BCUT2D eigenvalue weighted by Crippen LogP contribution is -2.13. The van der Waals surface area contributed by atoms with Gasteiger partial charge in [0, 0.05) is 13.5 Å². The number of aromatic amines is 1. The van der Waals surface area contributed by atoms with Crippen molar-refractivity contribution in [3.63, 3.8) is 0 Å². The van der Waals surface area contributed by atoms with Gasteiger partial charge >= 0.3 is 11.9 Å². The smallest absolute Gasteiger partial charge is 0.292 e. The second kappa shape index (κ2) is 4.32. The number of alkyl halides is 3. The summed E-state index contributed by atoms with van der Waals surface area (Å²) < 4.78 is 39.3. The van der Waals surface area contributed by atoms with Crippen LogP contribution in [0.1, 0.15) is 17.0 Å². The fraction of sp³-hybridized carbons (Fsp3) is 0.273. The number of aromatic nitrogens is 3. The number of aryl methyl sites for hydroxylation is 1. The van der Waals surface area contributed by atoms with Gasteiger partial charge in [-0.25, -0.2) is 9.48 Å². The zero-order chi connectivity index (χ0) is 13.3. The van der Waals surface area contributed by atoms with Gasteiger partial charge in [0.05, 0.1) is 5.56 Å². The first kappa shape index (κ1) is 12.4. The molecule has 4 nitrogen and oxygen atoms in total. The normalized spacial score (nSPS) is 11.8. The van der Waals surface area contributed by atoms with E-state index in [1.54, 1.807) is 0 Å². The molecule has 96 valence electrons. The number of halogens is 3. The predicted molar refractivity (Wildman–Crippen MR) is 58.1 cm³/mol. The Kier molecular flexibility index (Phi) is 2.98. The highest BCUT2D eigenvalue weighted by molar-refractivity contribution is 5.31. The molecule has 1 aromatic carbocycles. The number of nitrogens with one attached hydrogen (secondary N) is 1. The molecular formula is C11H10F3N3O. The molecular weight excluding hydrogens is 247 g/mol. The van der Waals surface area contributed by atoms with Gasteiger partial charge in [-0.1, -0.05) is 18.2 Å². The molecule has 1 heterocycles. The third-order valence-corrected chi connectivity index (χ3v) is 2.50. The van der Waals surface area contributed by atoms with Gasteiger partial charge in [-0.2, -0.15) is 18.3 Å². The van der Waals surface area contributed by atoms with Crippen LogP contribution in [-0.2, 0) is 19.6 Å². The van der Waals surface area contributed by atoms with E-state index in [-0.39, 0.29) is 17.8 Å². The number of hydrogen-bond acceptors (Lipinski definition) is 2. The molecule has 0 unspecified atom stereocenters. The fourth-order valence-corrected chi connectivity index (χ4v) is 1.67. The lowest BCUT2D eigenvalue weighted by Gasteiger charge is -2.11. The van der Waals surface area contributed by atoms with Crippen LogP contribution in [0.5, 0.6) is 0 Å². The Morgan fingerprint density at radius 3 is 2.56 bits per heavy atom. The monoisotopic (exact) mass is 257 g/mol. The molecule has 2 aromatic rings. The second-order valence-electron chi connectivity index (χ2n) is 3.83. The zero-order valence-corrected chi connectivity index (χ0v) is 9.45. The highest BCUT2D eigenvalue weighted by Gasteiger charge is 2.32. The van der Waals surface area contributed by atoms with Gasteiger partial charge in [0.2, 0.25) is 0 Å². The fourth-order valence-electron chi connectivity index (χ4n) is 1.67. The maximum atomic E-state index is 12.7. The third kappa shape index (κ3) is 2.44.